The fourth-order valence-electron chi connectivity index (χ4n) is 2.06. The van der Waals surface area contributed by atoms with Gasteiger partial charge in [-0.15, -0.1) is 0 Å². The molecule has 4 heteroatoms. The summed E-state index contributed by atoms with van der Waals surface area (Å²) in [5.74, 6) is 0.0306. The van der Waals surface area contributed by atoms with E-state index in [-0.39, 0.29) is 11.9 Å². The number of nitrogens with one attached hydrogen (secondary N) is 3. The van der Waals surface area contributed by atoms with Crippen LogP contribution in [0.3, 0.4) is 0 Å². The first-order valence-electron chi connectivity index (χ1n) is 6.41. The van der Waals surface area contributed by atoms with Gasteiger partial charge in [-0.2, -0.15) is 0 Å². The van der Waals surface area contributed by atoms with Crippen LogP contribution in [0.15, 0.2) is 18.2 Å². The van der Waals surface area contributed by atoms with E-state index in [1.807, 2.05) is 32.0 Å². The molecule has 0 bridgehead atoms. The Hall–Kier alpha value is -1.39. The molecule has 4 nitrogen and oxygen atoms in total. The Balaban J connectivity index is 2.00. The number of hydrogen-bond acceptors (Lipinski definition) is 3. The number of anilines is 1. The van der Waals surface area contributed by atoms with Gasteiger partial charge in [0.2, 0.25) is 5.91 Å². The molecule has 1 amide bonds. The van der Waals surface area contributed by atoms with Crippen LogP contribution in [0.2, 0.25) is 0 Å². The number of aryl methyl sites for hydroxylation is 2. The van der Waals surface area contributed by atoms with Crippen LogP contribution in [0, 0.1) is 13.8 Å². The van der Waals surface area contributed by atoms with Crippen molar-refractivity contribution in [3.05, 3.63) is 29.3 Å². The van der Waals surface area contributed by atoms with E-state index >= 15 is 0 Å². The Morgan fingerprint density at radius 3 is 2.72 bits per heavy atom. The lowest BCUT2D eigenvalue weighted by atomic mass is 10.1. The Morgan fingerprint density at radius 2 is 2.06 bits per heavy atom. The topological polar surface area (TPSA) is 53.2 Å². The van der Waals surface area contributed by atoms with Gasteiger partial charge >= 0.3 is 0 Å². The molecule has 1 aliphatic heterocycles. The number of carbonyl (C=O) groups excluding carboxylic acids is 1. The monoisotopic (exact) mass is 247 g/mol. The van der Waals surface area contributed by atoms with E-state index in [9.17, 15) is 4.79 Å². The van der Waals surface area contributed by atoms with Crippen LogP contribution >= 0.6 is 0 Å². The zero-order valence-electron chi connectivity index (χ0n) is 11.2. The molecule has 0 spiro atoms. The highest BCUT2D eigenvalue weighted by molar-refractivity contribution is 5.95. The molecule has 1 saturated heterocycles. The van der Waals surface area contributed by atoms with Crippen molar-refractivity contribution in [1.82, 2.24) is 10.6 Å². The van der Waals surface area contributed by atoms with Crippen molar-refractivity contribution in [3.63, 3.8) is 0 Å². The molecule has 1 heterocycles. The molecule has 2 unspecified atom stereocenters. The van der Waals surface area contributed by atoms with Gasteiger partial charge in [-0.3, -0.25) is 4.79 Å². The lowest BCUT2D eigenvalue weighted by molar-refractivity contribution is -0.118. The smallest absolute Gasteiger partial charge is 0.242 e. The zero-order valence-corrected chi connectivity index (χ0v) is 11.2. The molecule has 0 aliphatic carbocycles. The number of piperazine rings is 1. The highest BCUT2D eigenvalue weighted by Crippen LogP contribution is 2.16. The van der Waals surface area contributed by atoms with E-state index in [0.717, 1.165) is 23.4 Å². The van der Waals surface area contributed by atoms with Crippen molar-refractivity contribution < 1.29 is 4.79 Å². The molecule has 0 saturated carbocycles. The minimum Gasteiger partial charge on any atom is -0.324 e. The molecule has 2 atom stereocenters. The number of carbonyl (C=O) groups is 1. The maximum absolute atomic E-state index is 12.1. The molecule has 98 valence electrons. The summed E-state index contributed by atoms with van der Waals surface area (Å²) in [6.07, 6.45) is 0. The lowest BCUT2D eigenvalue weighted by Gasteiger charge is -2.28. The Bertz CT molecular complexity index is 437. The quantitative estimate of drug-likeness (QED) is 0.736. The van der Waals surface area contributed by atoms with Crippen LogP contribution in [0.5, 0.6) is 0 Å². The molecular weight excluding hydrogens is 226 g/mol. The van der Waals surface area contributed by atoms with E-state index in [4.69, 9.17) is 0 Å². The van der Waals surface area contributed by atoms with Crippen molar-refractivity contribution in [2.24, 2.45) is 0 Å². The minimum absolute atomic E-state index is 0.0306. The van der Waals surface area contributed by atoms with Gasteiger partial charge in [0.1, 0.15) is 0 Å². The normalized spacial score (nSPS) is 23.7. The maximum atomic E-state index is 12.1. The fourth-order valence-corrected chi connectivity index (χ4v) is 2.06. The second-order valence-electron chi connectivity index (χ2n) is 5.08. The average molecular weight is 247 g/mol. The average Bonchev–Trinajstić information content (AvgIpc) is 2.34. The Kier molecular flexibility index (Phi) is 3.99. The van der Waals surface area contributed by atoms with E-state index in [1.165, 1.54) is 0 Å². The van der Waals surface area contributed by atoms with Gasteiger partial charge in [0, 0.05) is 24.8 Å². The van der Waals surface area contributed by atoms with E-state index in [1.54, 1.807) is 0 Å². The zero-order chi connectivity index (χ0) is 13.1. The van der Waals surface area contributed by atoms with Crippen LogP contribution in [-0.2, 0) is 4.79 Å². The van der Waals surface area contributed by atoms with E-state index in [0.29, 0.717) is 12.6 Å². The highest BCUT2D eigenvalue weighted by Gasteiger charge is 2.23. The molecule has 2 rings (SSSR count). The first-order chi connectivity index (χ1) is 8.56. The van der Waals surface area contributed by atoms with Crippen molar-refractivity contribution in [2.75, 3.05) is 18.4 Å². The predicted molar refractivity (Wildman–Crippen MR) is 73.8 cm³/mol. The van der Waals surface area contributed by atoms with Crippen LogP contribution < -0.4 is 16.0 Å². The van der Waals surface area contributed by atoms with Crippen LogP contribution in [0.25, 0.3) is 0 Å². The summed E-state index contributed by atoms with van der Waals surface area (Å²) in [4.78, 5) is 12.1. The van der Waals surface area contributed by atoms with Crippen LogP contribution in [-0.4, -0.2) is 31.1 Å². The first-order valence-corrected chi connectivity index (χ1v) is 6.41. The van der Waals surface area contributed by atoms with Gasteiger partial charge in [0.15, 0.2) is 0 Å². The maximum Gasteiger partial charge on any atom is 0.242 e. The number of rotatable bonds is 2. The van der Waals surface area contributed by atoms with Gasteiger partial charge in [-0.25, -0.2) is 0 Å². The van der Waals surface area contributed by atoms with Crippen molar-refractivity contribution in [3.8, 4) is 0 Å². The third-order valence-electron chi connectivity index (χ3n) is 3.31. The number of hydrogen-bond donors (Lipinski definition) is 3. The minimum atomic E-state index is -0.152. The molecule has 3 N–H and O–H groups in total. The Morgan fingerprint density at radius 1 is 1.28 bits per heavy atom. The van der Waals surface area contributed by atoms with Crippen LogP contribution in [0.1, 0.15) is 18.1 Å². The van der Waals surface area contributed by atoms with Gasteiger partial charge in [-0.05, 0) is 38.0 Å². The fraction of sp³-hybridized carbons (Fsp3) is 0.500. The van der Waals surface area contributed by atoms with Gasteiger partial charge in [-0.1, -0.05) is 12.1 Å². The van der Waals surface area contributed by atoms with Crippen molar-refractivity contribution in [1.29, 1.82) is 0 Å². The second-order valence-corrected chi connectivity index (χ2v) is 5.08. The van der Waals surface area contributed by atoms with E-state index in [2.05, 4.69) is 22.9 Å². The van der Waals surface area contributed by atoms with Gasteiger partial charge in [0.25, 0.3) is 0 Å². The first kappa shape index (κ1) is 13.1. The molecule has 0 radical (unpaired) electrons. The van der Waals surface area contributed by atoms with Gasteiger partial charge < -0.3 is 16.0 Å². The number of amides is 1. The summed E-state index contributed by atoms with van der Waals surface area (Å²) in [7, 11) is 0. The summed E-state index contributed by atoms with van der Waals surface area (Å²) in [5, 5.41) is 9.54. The molecule has 1 fully saturated rings. The molecule has 18 heavy (non-hydrogen) atoms. The summed E-state index contributed by atoms with van der Waals surface area (Å²) in [6.45, 7) is 7.63. The second kappa shape index (κ2) is 5.50. The summed E-state index contributed by atoms with van der Waals surface area (Å²) in [6, 6.07) is 6.36. The largest absolute Gasteiger partial charge is 0.324 e. The summed E-state index contributed by atoms with van der Waals surface area (Å²) < 4.78 is 0. The van der Waals surface area contributed by atoms with Crippen molar-refractivity contribution in [2.45, 2.75) is 32.9 Å². The highest BCUT2D eigenvalue weighted by atomic mass is 16.2. The van der Waals surface area contributed by atoms with E-state index < -0.39 is 0 Å². The molecular formula is C14H21N3O. The summed E-state index contributed by atoms with van der Waals surface area (Å²) in [5.41, 5.74) is 3.14. The third kappa shape index (κ3) is 3.09. The third-order valence-corrected chi connectivity index (χ3v) is 3.31. The van der Waals surface area contributed by atoms with Crippen LogP contribution in [0.4, 0.5) is 5.69 Å². The SMILES string of the molecule is Cc1ccc(C)c(NC(=O)C2CNC(C)CN2)c1. The molecule has 1 aromatic carbocycles. The lowest BCUT2D eigenvalue weighted by Crippen LogP contribution is -2.57. The van der Waals surface area contributed by atoms with Crippen molar-refractivity contribution >= 4 is 11.6 Å². The molecule has 1 aliphatic rings. The number of benzene rings is 1. The van der Waals surface area contributed by atoms with Gasteiger partial charge in [0.05, 0.1) is 6.04 Å². The summed E-state index contributed by atoms with van der Waals surface area (Å²) >= 11 is 0. The molecule has 1 aromatic rings. The predicted octanol–water partition coefficient (Wildman–Crippen LogP) is 1.19. The molecule has 0 aromatic heterocycles. The Labute approximate surface area is 108 Å². The standard InChI is InChI=1S/C14H21N3O/c1-9-4-5-10(2)12(6-9)17-14(18)13-8-15-11(3)7-16-13/h4-6,11,13,15-16H,7-8H2,1-3H3,(H,17,18).